The van der Waals surface area contributed by atoms with Crippen molar-refractivity contribution in [2.45, 2.75) is 19.1 Å². The van der Waals surface area contributed by atoms with Crippen LogP contribution in [0.1, 0.15) is 11.1 Å². The lowest BCUT2D eigenvalue weighted by molar-refractivity contribution is -0.378. The Bertz CT molecular complexity index is 750. The maximum Gasteiger partial charge on any atom is 0.166 e. The lowest BCUT2D eigenvalue weighted by Crippen LogP contribution is -2.38. The molecule has 0 spiro atoms. The minimum atomic E-state index is -1.21. The highest BCUT2D eigenvalue weighted by atomic mass is 16.5. The van der Waals surface area contributed by atoms with E-state index in [1.165, 1.54) is 7.11 Å². The zero-order valence-corrected chi connectivity index (χ0v) is 15.2. The van der Waals surface area contributed by atoms with Gasteiger partial charge < -0.3 is 19.4 Å². The summed E-state index contributed by atoms with van der Waals surface area (Å²) >= 11 is 0. The molecule has 0 amide bonds. The summed E-state index contributed by atoms with van der Waals surface area (Å²) in [7, 11) is 1.36. The monoisotopic (exact) mass is 365 g/mol. The van der Waals surface area contributed by atoms with E-state index in [0.717, 1.165) is 16.9 Å². The van der Waals surface area contributed by atoms with Crippen molar-refractivity contribution in [2.24, 2.45) is 0 Å². The smallest absolute Gasteiger partial charge is 0.166 e. The van der Waals surface area contributed by atoms with Gasteiger partial charge >= 0.3 is 0 Å². The van der Waals surface area contributed by atoms with Crippen molar-refractivity contribution in [3.63, 3.8) is 0 Å². The van der Waals surface area contributed by atoms with Gasteiger partial charge in [0, 0.05) is 25.7 Å². The predicted octanol–water partition coefficient (Wildman–Crippen LogP) is 2.07. The van der Waals surface area contributed by atoms with Gasteiger partial charge in [0.2, 0.25) is 0 Å². The molecule has 1 aromatic heterocycles. The van der Waals surface area contributed by atoms with E-state index in [0.29, 0.717) is 6.61 Å². The normalized spacial score (nSPS) is 11.0. The Morgan fingerprint density at radius 3 is 2.04 bits per heavy atom. The Morgan fingerprint density at radius 2 is 1.56 bits per heavy atom. The van der Waals surface area contributed by atoms with Gasteiger partial charge in [0.15, 0.2) is 12.4 Å². The predicted molar refractivity (Wildman–Crippen MR) is 99.7 cm³/mol. The molecule has 140 valence electrons. The van der Waals surface area contributed by atoms with Crippen molar-refractivity contribution in [3.8, 4) is 5.75 Å². The van der Waals surface area contributed by atoms with Gasteiger partial charge in [-0.2, -0.15) is 0 Å². The number of carboxylic acid groups (broad SMARTS) is 1. The number of hydrogen-bond acceptors (Lipinski definition) is 4. The lowest BCUT2D eigenvalue weighted by atomic mass is 10.1. The number of ether oxygens (including phenoxy) is 2. The molecule has 0 radical (unpaired) electrons. The van der Waals surface area contributed by atoms with E-state index in [1.54, 1.807) is 0 Å². The minimum absolute atomic E-state index is 0.276. The Morgan fingerprint density at radius 1 is 0.926 bits per heavy atom. The lowest BCUT2D eigenvalue weighted by Gasteiger charge is -2.16. The number of benzene rings is 2. The second-order valence-electron chi connectivity index (χ2n) is 5.74. The van der Waals surface area contributed by atoms with E-state index in [4.69, 9.17) is 9.47 Å². The van der Waals surface area contributed by atoms with Crippen molar-refractivity contribution >= 4 is 5.97 Å². The molecule has 2 aromatic carbocycles. The number of carbonyl (C=O) groups is 1. The van der Waals surface area contributed by atoms with Gasteiger partial charge in [0.25, 0.3) is 0 Å². The molecule has 0 aliphatic heterocycles. The van der Waals surface area contributed by atoms with Gasteiger partial charge in [-0.3, -0.25) is 0 Å². The van der Waals surface area contributed by atoms with E-state index < -0.39 is 12.1 Å². The molecule has 0 saturated carbocycles. The summed E-state index contributed by atoms with van der Waals surface area (Å²) in [5.74, 6) is -0.466. The van der Waals surface area contributed by atoms with E-state index in [1.807, 2.05) is 85.2 Å². The van der Waals surface area contributed by atoms with Gasteiger partial charge in [-0.1, -0.05) is 48.5 Å². The van der Waals surface area contributed by atoms with Crippen LogP contribution >= 0.6 is 0 Å². The summed E-state index contributed by atoms with van der Waals surface area (Å²) in [4.78, 5) is 13.7. The number of aromatic amines is 1. The third-order valence-corrected chi connectivity index (χ3v) is 3.75. The topological polar surface area (TPSA) is 72.7 Å². The highest BCUT2D eigenvalue weighted by molar-refractivity contribution is 5.70. The van der Waals surface area contributed by atoms with Crippen LogP contribution < -0.4 is 14.8 Å². The Labute approximate surface area is 159 Å². The van der Waals surface area contributed by atoms with E-state index >= 15 is 0 Å². The van der Waals surface area contributed by atoms with Crippen molar-refractivity contribution < 1.29 is 24.4 Å². The van der Waals surface area contributed by atoms with Crippen LogP contribution in [0.15, 0.2) is 85.2 Å². The van der Waals surface area contributed by atoms with Gasteiger partial charge in [-0.05, 0) is 23.3 Å². The third-order valence-electron chi connectivity index (χ3n) is 3.75. The van der Waals surface area contributed by atoms with Gasteiger partial charge in [-0.25, -0.2) is 4.98 Å². The molecule has 0 saturated heterocycles. The Kier molecular flexibility index (Phi) is 8.53. The fraction of sp³-hybridized carbons (Fsp3) is 0.182. The summed E-state index contributed by atoms with van der Waals surface area (Å²) < 4.78 is 10.5. The fourth-order valence-electron chi connectivity index (χ4n) is 2.28. The number of rotatable bonds is 7. The van der Waals surface area contributed by atoms with Crippen molar-refractivity contribution in [2.75, 3.05) is 7.11 Å². The van der Waals surface area contributed by atoms with Crippen LogP contribution in [0.2, 0.25) is 0 Å². The molecule has 1 unspecified atom stereocenters. The third kappa shape index (κ3) is 7.71. The molecule has 0 aliphatic carbocycles. The van der Waals surface area contributed by atoms with E-state index in [-0.39, 0.29) is 6.42 Å². The first-order valence-corrected chi connectivity index (χ1v) is 8.59. The second kappa shape index (κ2) is 11.4. The summed E-state index contributed by atoms with van der Waals surface area (Å²) in [6, 6.07) is 23.0. The molecule has 5 nitrogen and oxygen atoms in total. The van der Waals surface area contributed by atoms with Crippen LogP contribution in [0.5, 0.6) is 5.75 Å². The molecule has 0 aliphatic rings. The molecule has 0 fully saturated rings. The average Bonchev–Trinajstić information content (AvgIpc) is 2.73. The molecule has 1 heterocycles. The molecule has 1 N–H and O–H groups in total. The number of aliphatic carboxylic acids is 1. The molecule has 1 atom stereocenters. The number of carbonyl (C=O) groups excluding carboxylic acids is 1. The number of hydrogen-bond donors (Lipinski definition) is 0. The SMILES string of the molecule is COC(Cc1ccc(OCc2ccccc2)cc1)C(=O)[O-].c1cc[nH+]cc1. The van der Waals surface area contributed by atoms with Crippen LogP contribution in [-0.4, -0.2) is 19.2 Å². The average molecular weight is 365 g/mol. The Hall–Kier alpha value is -3.18. The summed E-state index contributed by atoms with van der Waals surface area (Å²) in [5, 5.41) is 10.8. The molecular formula is C22H23NO4. The summed E-state index contributed by atoms with van der Waals surface area (Å²) in [6.45, 7) is 0.500. The molecule has 5 heteroatoms. The Balaban J connectivity index is 0.000000369. The van der Waals surface area contributed by atoms with Gasteiger partial charge in [-0.15, -0.1) is 0 Å². The quantitative estimate of drug-likeness (QED) is 0.643. The molecule has 3 aromatic rings. The van der Waals surface area contributed by atoms with Gasteiger partial charge in [0.1, 0.15) is 18.5 Å². The first-order chi connectivity index (χ1) is 13.2. The maximum absolute atomic E-state index is 10.8. The first kappa shape index (κ1) is 20.1. The zero-order valence-electron chi connectivity index (χ0n) is 15.2. The molecular weight excluding hydrogens is 342 g/mol. The van der Waals surface area contributed by atoms with E-state index in [2.05, 4.69) is 4.98 Å². The number of aromatic nitrogens is 1. The van der Waals surface area contributed by atoms with Crippen molar-refractivity contribution in [1.82, 2.24) is 0 Å². The standard InChI is InChI=1S/C17H18O4.C5H5N/c1-20-16(17(18)19)11-13-7-9-15(10-8-13)21-12-14-5-3-2-4-6-14;1-2-4-6-5-3-1/h2-10,16H,11-12H2,1H3,(H,18,19);1-5H. The maximum atomic E-state index is 10.8. The van der Waals surface area contributed by atoms with Crippen LogP contribution in [0.3, 0.4) is 0 Å². The highest BCUT2D eigenvalue weighted by Gasteiger charge is 2.09. The van der Waals surface area contributed by atoms with E-state index in [9.17, 15) is 9.90 Å². The molecule has 27 heavy (non-hydrogen) atoms. The molecule has 3 rings (SSSR count). The number of nitrogens with one attached hydrogen (secondary N) is 1. The number of carboxylic acids is 1. The number of methoxy groups -OCH3 is 1. The fourth-order valence-corrected chi connectivity index (χ4v) is 2.28. The first-order valence-electron chi connectivity index (χ1n) is 8.59. The van der Waals surface area contributed by atoms with Crippen molar-refractivity contribution in [3.05, 3.63) is 96.3 Å². The second-order valence-corrected chi connectivity index (χ2v) is 5.74. The highest BCUT2D eigenvalue weighted by Crippen LogP contribution is 2.15. The number of H-pyrrole nitrogens is 1. The number of pyridine rings is 1. The minimum Gasteiger partial charge on any atom is -0.547 e. The van der Waals surface area contributed by atoms with Crippen LogP contribution in [0, 0.1) is 0 Å². The summed E-state index contributed by atoms with van der Waals surface area (Å²) in [6.07, 6.45) is 3.10. The van der Waals surface area contributed by atoms with Crippen molar-refractivity contribution in [1.29, 1.82) is 0 Å². The van der Waals surface area contributed by atoms with Crippen LogP contribution in [0.25, 0.3) is 0 Å². The van der Waals surface area contributed by atoms with Crippen LogP contribution in [-0.2, 0) is 22.6 Å². The largest absolute Gasteiger partial charge is 0.547 e. The van der Waals surface area contributed by atoms with Gasteiger partial charge in [0.05, 0.1) is 5.97 Å². The van der Waals surface area contributed by atoms with Crippen LogP contribution in [0.4, 0.5) is 0 Å². The molecule has 0 bridgehead atoms. The zero-order chi connectivity index (χ0) is 19.3. The summed E-state index contributed by atoms with van der Waals surface area (Å²) in [5.41, 5.74) is 1.95.